The van der Waals surface area contributed by atoms with Gasteiger partial charge in [0.05, 0.1) is 23.7 Å². The van der Waals surface area contributed by atoms with Gasteiger partial charge in [-0.15, -0.1) is 10.2 Å². The molecule has 0 spiro atoms. The molecule has 2 aromatic heterocycles. The highest BCUT2D eigenvalue weighted by Crippen LogP contribution is 2.32. The summed E-state index contributed by atoms with van der Waals surface area (Å²) in [4.78, 5) is 15.2. The van der Waals surface area contributed by atoms with Crippen LogP contribution in [0.2, 0.25) is 0 Å². The first-order valence-electron chi connectivity index (χ1n) is 7.58. The number of nitrogens with zero attached hydrogens (tertiary/aromatic N) is 4. The van der Waals surface area contributed by atoms with E-state index in [-0.39, 0.29) is 11.7 Å². The van der Waals surface area contributed by atoms with Gasteiger partial charge < -0.3 is 15.0 Å². The van der Waals surface area contributed by atoms with Crippen LogP contribution in [0, 0.1) is 0 Å². The largest absolute Gasteiger partial charge is 0.493 e. The summed E-state index contributed by atoms with van der Waals surface area (Å²) in [6.07, 6.45) is 0. The first-order valence-corrected chi connectivity index (χ1v) is 10.4. The highest BCUT2D eigenvalue weighted by Gasteiger charge is 2.14. The Labute approximate surface area is 161 Å². The van der Waals surface area contributed by atoms with Crippen LogP contribution in [0.3, 0.4) is 0 Å². The zero-order valence-corrected chi connectivity index (χ0v) is 16.2. The van der Waals surface area contributed by atoms with Gasteiger partial charge in [0.1, 0.15) is 5.75 Å². The number of primary amides is 1. The highest BCUT2D eigenvalue weighted by molar-refractivity contribution is 8.03. The van der Waals surface area contributed by atoms with Crippen molar-refractivity contribution in [3.8, 4) is 17.1 Å². The third-order valence-electron chi connectivity index (χ3n) is 2.94. The minimum Gasteiger partial charge on any atom is -0.493 e. The van der Waals surface area contributed by atoms with Crippen molar-refractivity contribution in [1.29, 1.82) is 0 Å². The predicted octanol–water partition coefficient (Wildman–Crippen LogP) is 2.86. The molecule has 0 aliphatic rings. The number of para-hydroxylation sites is 1. The van der Waals surface area contributed by atoms with E-state index in [0.29, 0.717) is 28.4 Å². The molecule has 0 bridgehead atoms. The number of thioether (sulfide) groups is 2. The van der Waals surface area contributed by atoms with Crippen molar-refractivity contribution in [2.75, 3.05) is 12.4 Å². The lowest BCUT2D eigenvalue weighted by Crippen LogP contribution is -2.12. The number of aromatic nitrogens is 4. The lowest BCUT2D eigenvalue weighted by Gasteiger charge is -2.05. The SMILES string of the molecule is CCOc1ccccc1-c1noc(CSc2nnc(SCC(N)=O)s2)n1. The van der Waals surface area contributed by atoms with Crippen LogP contribution < -0.4 is 10.5 Å². The minimum absolute atomic E-state index is 0.186. The third kappa shape index (κ3) is 4.96. The van der Waals surface area contributed by atoms with Crippen LogP contribution in [0.25, 0.3) is 11.4 Å². The van der Waals surface area contributed by atoms with Crippen molar-refractivity contribution in [3.05, 3.63) is 30.2 Å². The Morgan fingerprint density at radius 2 is 2.04 bits per heavy atom. The van der Waals surface area contributed by atoms with Crippen LogP contribution in [-0.2, 0) is 10.5 Å². The van der Waals surface area contributed by atoms with E-state index < -0.39 is 0 Å². The Morgan fingerprint density at radius 1 is 1.27 bits per heavy atom. The van der Waals surface area contributed by atoms with Crippen molar-refractivity contribution < 1.29 is 14.1 Å². The molecule has 26 heavy (non-hydrogen) atoms. The van der Waals surface area contributed by atoms with Crippen LogP contribution in [0.1, 0.15) is 12.8 Å². The van der Waals surface area contributed by atoms with Gasteiger partial charge in [-0.1, -0.05) is 52.1 Å². The summed E-state index contributed by atoms with van der Waals surface area (Å²) < 4.78 is 12.4. The maximum absolute atomic E-state index is 10.8. The zero-order chi connectivity index (χ0) is 18.4. The molecule has 1 aromatic carbocycles. The molecule has 0 aliphatic heterocycles. The molecule has 2 heterocycles. The van der Waals surface area contributed by atoms with Crippen molar-refractivity contribution in [3.63, 3.8) is 0 Å². The molecule has 0 saturated heterocycles. The fraction of sp³-hybridized carbons (Fsp3) is 0.267. The smallest absolute Gasteiger partial charge is 0.237 e. The average Bonchev–Trinajstić information content (AvgIpc) is 3.28. The van der Waals surface area contributed by atoms with Gasteiger partial charge in [0.15, 0.2) is 8.68 Å². The number of ether oxygens (including phenoxy) is 1. The number of nitrogens with two attached hydrogens (primary N) is 1. The number of benzene rings is 1. The average molecular weight is 410 g/mol. The van der Waals surface area contributed by atoms with Crippen LogP contribution in [0.4, 0.5) is 0 Å². The summed E-state index contributed by atoms with van der Waals surface area (Å²) >= 11 is 4.10. The van der Waals surface area contributed by atoms with Gasteiger partial charge in [0.2, 0.25) is 17.6 Å². The van der Waals surface area contributed by atoms with Gasteiger partial charge in [0.25, 0.3) is 0 Å². The number of rotatable bonds is 9. The molecule has 3 rings (SSSR count). The van der Waals surface area contributed by atoms with Crippen molar-refractivity contribution in [1.82, 2.24) is 20.3 Å². The molecule has 0 aliphatic carbocycles. The fourth-order valence-corrected chi connectivity index (χ4v) is 4.52. The molecule has 0 radical (unpaired) electrons. The van der Waals surface area contributed by atoms with E-state index >= 15 is 0 Å². The molecule has 0 unspecified atom stereocenters. The quantitative estimate of drug-likeness (QED) is 0.532. The van der Waals surface area contributed by atoms with Gasteiger partial charge >= 0.3 is 0 Å². The van der Waals surface area contributed by atoms with E-state index in [4.69, 9.17) is 15.0 Å². The first kappa shape index (κ1) is 18.7. The molecule has 3 aromatic rings. The summed E-state index contributed by atoms with van der Waals surface area (Å²) in [7, 11) is 0. The second kappa shape index (κ2) is 9.01. The second-order valence-electron chi connectivity index (χ2n) is 4.82. The standard InChI is InChI=1S/C15H15N5O3S3/c1-2-22-10-6-4-3-5-9(10)13-17-12(23-20-13)8-25-15-19-18-14(26-15)24-7-11(16)21/h3-6H,2,7-8H2,1H3,(H2,16,21). The predicted molar refractivity (Wildman–Crippen MR) is 100 cm³/mol. The van der Waals surface area contributed by atoms with Gasteiger partial charge in [-0.05, 0) is 19.1 Å². The van der Waals surface area contributed by atoms with Gasteiger partial charge in [-0.25, -0.2) is 0 Å². The number of hydrogen-bond acceptors (Lipinski definition) is 10. The van der Waals surface area contributed by atoms with E-state index in [2.05, 4.69) is 20.3 Å². The molecule has 8 nitrogen and oxygen atoms in total. The monoisotopic (exact) mass is 409 g/mol. The Bertz CT molecular complexity index is 883. The number of amides is 1. The summed E-state index contributed by atoms with van der Waals surface area (Å²) in [6, 6.07) is 7.56. The Hall–Kier alpha value is -2.11. The maximum Gasteiger partial charge on any atom is 0.237 e. The molecule has 0 fully saturated rings. The first-order chi connectivity index (χ1) is 12.7. The van der Waals surface area contributed by atoms with Crippen molar-refractivity contribution >= 4 is 40.8 Å². The van der Waals surface area contributed by atoms with Crippen LogP contribution in [0.15, 0.2) is 37.5 Å². The van der Waals surface area contributed by atoms with Crippen LogP contribution in [-0.4, -0.2) is 38.6 Å². The van der Waals surface area contributed by atoms with Gasteiger partial charge in [-0.2, -0.15) is 4.98 Å². The van der Waals surface area contributed by atoms with E-state index in [0.717, 1.165) is 15.7 Å². The Balaban J connectivity index is 1.62. The highest BCUT2D eigenvalue weighted by atomic mass is 32.2. The topological polar surface area (TPSA) is 117 Å². The van der Waals surface area contributed by atoms with E-state index in [1.165, 1.54) is 34.9 Å². The molecule has 0 atom stereocenters. The number of hydrogen-bond donors (Lipinski definition) is 1. The normalized spacial score (nSPS) is 10.8. The fourth-order valence-electron chi connectivity index (χ4n) is 1.93. The Morgan fingerprint density at radius 3 is 2.81 bits per heavy atom. The van der Waals surface area contributed by atoms with Gasteiger partial charge in [0, 0.05) is 0 Å². The Kier molecular flexibility index (Phi) is 6.47. The second-order valence-corrected chi connectivity index (χ2v) is 8.24. The lowest BCUT2D eigenvalue weighted by atomic mass is 10.2. The van der Waals surface area contributed by atoms with Crippen LogP contribution >= 0.6 is 34.9 Å². The summed E-state index contributed by atoms with van der Waals surface area (Å²) in [6.45, 7) is 2.48. The minimum atomic E-state index is -0.384. The number of carbonyl (C=O) groups is 1. The van der Waals surface area contributed by atoms with E-state index in [1.54, 1.807) is 0 Å². The molecule has 1 amide bonds. The zero-order valence-electron chi connectivity index (χ0n) is 13.7. The maximum atomic E-state index is 10.8. The molecule has 0 saturated carbocycles. The number of carbonyl (C=O) groups excluding carboxylic acids is 1. The summed E-state index contributed by atoms with van der Waals surface area (Å²) in [5.41, 5.74) is 5.90. The van der Waals surface area contributed by atoms with E-state index in [9.17, 15) is 4.79 Å². The summed E-state index contributed by atoms with van der Waals surface area (Å²) in [5.74, 6) is 1.96. The van der Waals surface area contributed by atoms with E-state index in [1.807, 2.05) is 31.2 Å². The molecular weight excluding hydrogens is 394 g/mol. The lowest BCUT2D eigenvalue weighted by molar-refractivity contribution is -0.115. The molecule has 136 valence electrons. The summed E-state index contributed by atoms with van der Waals surface area (Å²) in [5, 5.41) is 12.1. The van der Waals surface area contributed by atoms with Gasteiger partial charge in [-0.3, -0.25) is 4.79 Å². The molecule has 11 heteroatoms. The van der Waals surface area contributed by atoms with Crippen molar-refractivity contribution in [2.45, 2.75) is 21.4 Å². The van der Waals surface area contributed by atoms with Crippen molar-refractivity contribution in [2.24, 2.45) is 5.73 Å². The molecule has 2 N–H and O–H groups in total. The van der Waals surface area contributed by atoms with Crippen LogP contribution in [0.5, 0.6) is 5.75 Å². The third-order valence-corrected chi connectivity index (χ3v) is 6.14. The molecular formula is C15H15N5O3S3.